The molecule has 31 heavy (non-hydrogen) atoms. The normalized spacial score (nSPS) is 18.2. The highest BCUT2D eigenvalue weighted by Crippen LogP contribution is 2.58. The standard InChI is InChI=1S/C22H26N4O3.2ClH/c1-14-3-4-17(26-20(27)16-13-22(16)6-9-24-10-7-22)19(11-14)29-15-5-8-25-18(12-15)21(28)23-2;;/h3-5,8,11-12,16,24H,6-7,9-10,13H2,1-2H3,(H,23,28)(H,26,27);2*1H. The Morgan fingerprint density at radius 1 is 1.16 bits per heavy atom. The predicted molar refractivity (Wildman–Crippen MR) is 125 cm³/mol. The first-order valence-corrected chi connectivity index (χ1v) is 9.99. The summed E-state index contributed by atoms with van der Waals surface area (Å²) in [5.41, 5.74) is 2.10. The number of piperidine rings is 1. The van der Waals surface area contributed by atoms with Gasteiger partial charge in [-0.25, -0.2) is 0 Å². The van der Waals surface area contributed by atoms with Gasteiger partial charge in [-0.3, -0.25) is 14.6 Å². The minimum Gasteiger partial charge on any atom is -0.455 e. The van der Waals surface area contributed by atoms with E-state index in [1.54, 1.807) is 19.2 Å². The van der Waals surface area contributed by atoms with Crippen molar-refractivity contribution in [1.82, 2.24) is 15.6 Å². The Bertz CT molecular complexity index is 948. The van der Waals surface area contributed by atoms with Crippen molar-refractivity contribution < 1.29 is 14.3 Å². The summed E-state index contributed by atoms with van der Waals surface area (Å²) < 4.78 is 6.02. The number of hydrogen-bond acceptors (Lipinski definition) is 5. The van der Waals surface area contributed by atoms with E-state index in [1.807, 2.05) is 25.1 Å². The van der Waals surface area contributed by atoms with E-state index in [0.29, 0.717) is 17.2 Å². The maximum absolute atomic E-state index is 12.9. The molecular formula is C22H28Cl2N4O3. The van der Waals surface area contributed by atoms with Crippen LogP contribution in [0.15, 0.2) is 36.5 Å². The number of amides is 2. The SMILES string of the molecule is CNC(=O)c1cc(Oc2cc(C)ccc2NC(=O)C2CC23CCNCC3)ccn1.Cl.Cl. The lowest BCUT2D eigenvalue weighted by Gasteiger charge is -2.23. The van der Waals surface area contributed by atoms with Gasteiger partial charge in [0.15, 0.2) is 5.75 Å². The van der Waals surface area contributed by atoms with Crippen molar-refractivity contribution in [2.75, 3.05) is 25.5 Å². The number of nitrogens with one attached hydrogen (secondary N) is 3. The Morgan fingerprint density at radius 2 is 1.90 bits per heavy atom. The minimum absolute atomic E-state index is 0. The molecule has 168 valence electrons. The fraction of sp³-hybridized carbons (Fsp3) is 0.409. The molecule has 1 aromatic heterocycles. The molecule has 2 fully saturated rings. The lowest BCUT2D eigenvalue weighted by molar-refractivity contribution is -0.118. The summed E-state index contributed by atoms with van der Waals surface area (Å²) in [6.45, 7) is 3.93. The summed E-state index contributed by atoms with van der Waals surface area (Å²) in [4.78, 5) is 28.7. The third-order valence-electron chi connectivity index (χ3n) is 5.92. The van der Waals surface area contributed by atoms with Crippen molar-refractivity contribution in [3.63, 3.8) is 0 Å². The molecule has 2 heterocycles. The maximum atomic E-state index is 12.9. The first-order chi connectivity index (χ1) is 14.0. The van der Waals surface area contributed by atoms with Crippen LogP contribution >= 0.6 is 24.8 Å². The van der Waals surface area contributed by atoms with Gasteiger partial charge >= 0.3 is 0 Å². The molecule has 1 spiro atoms. The number of carbonyl (C=O) groups excluding carboxylic acids is 2. The molecule has 1 unspecified atom stereocenters. The van der Waals surface area contributed by atoms with E-state index in [9.17, 15) is 9.59 Å². The molecule has 2 aliphatic rings. The zero-order valence-electron chi connectivity index (χ0n) is 17.6. The van der Waals surface area contributed by atoms with Gasteiger partial charge in [0.05, 0.1) is 5.69 Å². The van der Waals surface area contributed by atoms with Gasteiger partial charge < -0.3 is 20.7 Å². The number of aromatic nitrogens is 1. The summed E-state index contributed by atoms with van der Waals surface area (Å²) in [6, 6.07) is 8.95. The minimum atomic E-state index is -0.283. The van der Waals surface area contributed by atoms with Crippen LogP contribution in [0.3, 0.4) is 0 Å². The summed E-state index contributed by atoms with van der Waals surface area (Å²) in [5, 5.41) is 8.97. The van der Waals surface area contributed by atoms with Crippen molar-refractivity contribution in [1.29, 1.82) is 0 Å². The predicted octanol–water partition coefficient (Wildman–Crippen LogP) is 3.71. The van der Waals surface area contributed by atoms with Gasteiger partial charge in [-0.1, -0.05) is 6.07 Å². The zero-order valence-corrected chi connectivity index (χ0v) is 19.2. The van der Waals surface area contributed by atoms with E-state index < -0.39 is 0 Å². The summed E-state index contributed by atoms with van der Waals surface area (Å²) in [7, 11) is 1.55. The molecule has 3 N–H and O–H groups in total. The number of pyridine rings is 1. The molecule has 1 aromatic carbocycles. The lowest BCUT2D eigenvalue weighted by atomic mass is 9.92. The summed E-state index contributed by atoms with van der Waals surface area (Å²) in [6.07, 6.45) is 4.60. The molecule has 2 amide bonds. The quantitative estimate of drug-likeness (QED) is 0.624. The number of benzene rings is 1. The van der Waals surface area contributed by atoms with Gasteiger partial charge in [0.25, 0.3) is 5.91 Å². The van der Waals surface area contributed by atoms with Crippen molar-refractivity contribution in [2.24, 2.45) is 11.3 Å². The number of ether oxygens (including phenoxy) is 1. The Kier molecular flexibility index (Phi) is 8.28. The number of hydrogen-bond donors (Lipinski definition) is 3. The molecule has 2 aromatic rings. The van der Waals surface area contributed by atoms with Crippen LogP contribution < -0.4 is 20.7 Å². The smallest absolute Gasteiger partial charge is 0.269 e. The van der Waals surface area contributed by atoms with E-state index in [-0.39, 0.29) is 53.7 Å². The monoisotopic (exact) mass is 466 g/mol. The number of anilines is 1. The van der Waals surface area contributed by atoms with Crippen LogP contribution in [0.4, 0.5) is 5.69 Å². The zero-order chi connectivity index (χ0) is 20.4. The molecule has 1 aliphatic carbocycles. The molecule has 9 heteroatoms. The van der Waals surface area contributed by atoms with Gasteiger partial charge in [-0.15, -0.1) is 24.8 Å². The molecule has 1 atom stereocenters. The maximum Gasteiger partial charge on any atom is 0.269 e. The van der Waals surface area contributed by atoms with Crippen LogP contribution in [0, 0.1) is 18.3 Å². The van der Waals surface area contributed by atoms with Crippen LogP contribution in [0.5, 0.6) is 11.5 Å². The first kappa shape index (κ1) is 24.9. The van der Waals surface area contributed by atoms with E-state index in [4.69, 9.17) is 4.74 Å². The molecule has 1 saturated heterocycles. The molecular weight excluding hydrogens is 439 g/mol. The highest BCUT2D eigenvalue weighted by Gasteiger charge is 2.57. The van der Waals surface area contributed by atoms with E-state index in [1.165, 1.54) is 6.20 Å². The average molecular weight is 467 g/mol. The van der Waals surface area contributed by atoms with Gasteiger partial charge in [-0.2, -0.15) is 0 Å². The molecule has 0 bridgehead atoms. The van der Waals surface area contributed by atoms with Crippen molar-refractivity contribution in [3.05, 3.63) is 47.8 Å². The second-order valence-electron chi connectivity index (χ2n) is 7.92. The highest BCUT2D eigenvalue weighted by molar-refractivity contribution is 5.96. The average Bonchev–Trinajstić information content (AvgIpc) is 3.43. The highest BCUT2D eigenvalue weighted by atomic mass is 35.5. The van der Waals surface area contributed by atoms with E-state index >= 15 is 0 Å². The number of aryl methyl sites for hydroxylation is 1. The molecule has 0 radical (unpaired) electrons. The van der Waals surface area contributed by atoms with Crippen LogP contribution in [0.25, 0.3) is 0 Å². The molecule has 1 aliphatic heterocycles. The van der Waals surface area contributed by atoms with Crippen LogP contribution in [-0.2, 0) is 4.79 Å². The Hall–Kier alpha value is -2.35. The fourth-order valence-corrected chi connectivity index (χ4v) is 4.09. The van der Waals surface area contributed by atoms with Crippen LogP contribution in [0.2, 0.25) is 0 Å². The summed E-state index contributed by atoms with van der Waals surface area (Å²) in [5.74, 6) is 0.878. The van der Waals surface area contributed by atoms with Gasteiger partial charge in [-0.05, 0) is 68.5 Å². The Balaban J connectivity index is 0.00000171. The van der Waals surface area contributed by atoms with E-state index in [2.05, 4.69) is 20.9 Å². The third-order valence-corrected chi connectivity index (χ3v) is 5.92. The topological polar surface area (TPSA) is 92.4 Å². The summed E-state index contributed by atoms with van der Waals surface area (Å²) >= 11 is 0. The number of nitrogens with zero attached hydrogens (tertiary/aromatic N) is 1. The Labute approximate surface area is 194 Å². The molecule has 4 rings (SSSR count). The van der Waals surface area contributed by atoms with Crippen molar-refractivity contribution in [2.45, 2.75) is 26.2 Å². The second-order valence-corrected chi connectivity index (χ2v) is 7.92. The fourth-order valence-electron chi connectivity index (χ4n) is 4.09. The molecule has 1 saturated carbocycles. The van der Waals surface area contributed by atoms with Gasteiger partial charge in [0.2, 0.25) is 5.91 Å². The van der Waals surface area contributed by atoms with Crippen molar-refractivity contribution in [3.8, 4) is 11.5 Å². The second kappa shape index (κ2) is 10.3. The number of rotatable bonds is 5. The third kappa shape index (κ3) is 5.47. The molecule has 7 nitrogen and oxygen atoms in total. The number of carbonyl (C=O) groups is 2. The van der Waals surface area contributed by atoms with Crippen LogP contribution in [0.1, 0.15) is 35.3 Å². The largest absolute Gasteiger partial charge is 0.455 e. The van der Waals surface area contributed by atoms with E-state index in [0.717, 1.165) is 37.9 Å². The lowest BCUT2D eigenvalue weighted by Crippen LogP contribution is -2.31. The van der Waals surface area contributed by atoms with Gasteiger partial charge in [0, 0.05) is 25.2 Å². The van der Waals surface area contributed by atoms with Gasteiger partial charge in [0.1, 0.15) is 11.4 Å². The van der Waals surface area contributed by atoms with Crippen LogP contribution in [-0.4, -0.2) is 36.9 Å². The Morgan fingerprint density at radius 3 is 2.61 bits per heavy atom. The van der Waals surface area contributed by atoms with Crippen molar-refractivity contribution >= 4 is 42.3 Å². The number of halogens is 2. The first-order valence-electron chi connectivity index (χ1n) is 9.99.